The van der Waals surface area contributed by atoms with E-state index in [2.05, 4.69) is 15.8 Å². The van der Waals surface area contributed by atoms with E-state index >= 15 is 0 Å². The highest BCUT2D eigenvalue weighted by Gasteiger charge is 2.26. The summed E-state index contributed by atoms with van der Waals surface area (Å²) in [5, 5.41) is 17.2. The molecule has 2 N–H and O–H groups in total. The first-order valence-corrected chi connectivity index (χ1v) is 14.1. The van der Waals surface area contributed by atoms with Crippen molar-refractivity contribution in [3.05, 3.63) is 123 Å². The number of halogens is 1. The number of furan rings is 1. The van der Waals surface area contributed by atoms with Gasteiger partial charge in [-0.05, 0) is 61.0 Å². The molecule has 14 heteroatoms. The van der Waals surface area contributed by atoms with Crippen molar-refractivity contribution in [2.45, 2.75) is 24.9 Å². The summed E-state index contributed by atoms with van der Waals surface area (Å²) in [6, 6.07) is 21.4. The Balaban J connectivity index is 1.42. The van der Waals surface area contributed by atoms with Gasteiger partial charge in [0, 0.05) is 29.4 Å². The normalized spacial score (nSPS) is 11.5. The number of carbonyl (C=O) groups is 2. The Morgan fingerprint density at radius 3 is 2.26 bits per heavy atom. The van der Waals surface area contributed by atoms with E-state index in [0.717, 1.165) is 17.3 Å². The largest absolute Gasteiger partial charge is 0.459 e. The van der Waals surface area contributed by atoms with Crippen LogP contribution in [0.4, 0.5) is 11.4 Å². The third-order valence-electron chi connectivity index (χ3n) is 5.85. The Morgan fingerprint density at radius 2 is 1.62 bits per heavy atom. The van der Waals surface area contributed by atoms with Gasteiger partial charge >= 0.3 is 11.8 Å². The fraction of sp³-hybridized carbons (Fsp3) is 0.107. The van der Waals surface area contributed by atoms with Gasteiger partial charge in [-0.25, -0.2) is 13.8 Å². The van der Waals surface area contributed by atoms with Crippen molar-refractivity contribution in [2.75, 3.05) is 5.32 Å². The monoisotopic (exact) mass is 609 g/mol. The molecule has 1 heterocycles. The Morgan fingerprint density at radius 1 is 0.952 bits per heavy atom. The Kier molecular flexibility index (Phi) is 9.47. The molecular weight excluding hydrogens is 586 g/mol. The van der Waals surface area contributed by atoms with Crippen LogP contribution in [0.2, 0.25) is 5.02 Å². The SMILES string of the molecule is Cc1ccc(S(=O)(=O)N(Cc2ccc(Cl)cc2)Cc2ccc(/C=N\NC(=O)C(=O)Nc3ccc([N+](=O)[O-])cc3)o2)cc1. The Bertz CT molecular complexity index is 1720. The molecule has 0 saturated carbocycles. The molecule has 0 aliphatic rings. The van der Waals surface area contributed by atoms with Crippen LogP contribution in [0.5, 0.6) is 0 Å². The van der Waals surface area contributed by atoms with E-state index in [1.165, 1.54) is 34.6 Å². The van der Waals surface area contributed by atoms with Crippen LogP contribution in [0.3, 0.4) is 0 Å². The van der Waals surface area contributed by atoms with Gasteiger partial charge in [0.25, 0.3) is 5.69 Å². The lowest BCUT2D eigenvalue weighted by atomic mass is 10.2. The number of nitrogens with zero attached hydrogens (tertiary/aromatic N) is 3. The first-order chi connectivity index (χ1) is 20.0. The molecule has 1 aromatic heterocycles. The third kappa shape index (κ3) is 7.87. The number of rotatable bonds is 10. The lowest BCUT2D eigenvalue weighted by Gasteiger charge is -2.21. The molecule has 2 amide bonds. The number of nitrogens with one attached hydrogen (secondary N) is 2. The second-order valence-electron chi connectivity index (χ2n) is 8.97. The van der Waals surface area contributed by atoms with E-state index < -0.39 is 26.8 Å². The number of nitro benzene ring substituents is 1. The summed E-state index contributed by atoms with van der Waals surface area (Å²) in [6.45, 7) is 1.82. The summed E-state index contributed by atoms with van der Waals surface area (Å²) in [6.07, 6.45) is 1.15. The van der Waals surface area contributed by atoms with Crippen molar-refractivity contribution < 1.29 is 27.3 Å². The van der Waals surface area contributed by atoms with Gasteiger partial charge in [0.2, 0.25) is 10.0 Å². The number of carbonyl (C=O) groups excluding carboxylic acids is 2. The van der Waals surface area contributed by atoms with E-state index in [0.29, 0.717) is 10.8 Å². The second-order valence-corrected chi connectivity index (χ2v) is 11.3. The van der Waals surface area contributed by atoms with E-state index in [1.807, 2.05) is 6.92 Å². The van der Waals surface area contributed by atoms with Gasteiger partial charge in [-0.3, -0.25) is 19.7 Å². The molecule has 0 fully saturated rings. The zero-order valence-electron chi connectivity index (χ0n) is 22.1. The summed E-state index contributed by atoms with van der Waals surface area (Å²) in [5.74, 6) is -1.63. The zero-order valence-corrected chi connectivity index (χ0v) is 23.6. The number of amides is 2. The fourth-order valence-electron chi connectivity index (χ4n) is 3.66. The fourth-order valence-corrected chi connectivity index (χ4v) is 5.18. The van der Waals surface area contributed by atoms with Crippen LogP contribution in [0.1, 0.15) is 22.6 Å². The molecule has 42 heavy (non-hydrogen) atoms. The van der Waals surface area contributed by atoms with Crippen LogP contribution in [-0.2, 0) is 32.7 Å². The Hall–Kier alpha value is -4.85. The summed E-state index contributed by atoms with van der Waals surface area (Å²) in [4.78, 5) is 34.4. The molecule has 216 valence electrons. The van der Waals surface area contributed by atoms with E-state index in [1.54, 1.807) is 54.6 Å². The molecule has 3 aromatic carbocycles. The molecule has 0 bridgehead atoms. The van der Waals surface area contributed by atoms with Gasteiger partial charge in [0.05, 0.1) is 22.6 Å². The number of aryl methyl sites for hydroxylation is 1. The molecule has 0 aliphatic carbocycles. The average Bonchev–Trinajstić information content (AvgIpc) is 3.41. The quantitative estimate of drug-likeness (QED) is 0.114. The maximum Gasteiger partial charge on any atom is 0.329 e. The summed E-state index contributed by atoms with van der Waals surface area (Å²) >= 11 is 5.98. The van der Waals surface area contributed by atoms with E-state index in [9.17, 15) is 28.1 Å². The minimum Gasteiger partial charge on any atom is -0.459 e. The summed E-state index contributed by atoms with van der Waals surface area (Å²) in [5.41, 5.74) is 3.71. The van der Waals surface area contributed by atoms with Crippen molar-refractivity contribution in [3.63, 3.8) is 0 Å². The minimum absolute atomic E-state index is 0.0530. The molecule has 0 unspecified atom stereocenters. The number of nitro groups is 1. The number of hydrogen-bond donors (Lipinski definition) is 2. The highest BCUT2D eigenvalue weighted by Crippen LogP contribution is 2.23. The molecule has 0 spiro atoms. The summed E-state index contributed by atoms with van der Waals surface area (Å²) in [7, 11) is -3.91. The van der Waals surface area contributed by atoms with Crippen LogP contribution in [0.25, 0.3) is 0 Å². The minimum atomic E-state index is -3.91. The first-order valence-electron chi connectivity index (χ1n) is 12.3. The van der Waals surface area contributed by atoms with Crippen LogP contribution < -0.4 is 10.7 Å². The van der Waals surface area contributed by atoms with Crippen molar-refractivity contribution in [3.8, 4) is 0 Å². The standard InChI is InChI=1S/C28H24ClN5O7S/c1-19-2-14-26(15-3-19)42(39,40)33(17-20-4-6-21(29)7-5-20)18-25-13-12-24(41-25)16-30-32-28(36)27(35)31-22-8-10-23(11-9-22)34(37)38/h2-16H,17-18H2,1H3,(H,31,35)(H,32,36)/b30-16-. The highest BCUT2D eigenvalue weighted by atomic mass is 35.5. The van der Waals surface area contributed by atoms with Crippen molar-refractivity contribution in [1.29, 1.82) is 0 Å². The molecule has 0 atom stereocenters. The van der Waals surface area contributed by atoms with Gasteiger partial charge in [-0.2, -0.15) is 9.41 Å². The highest BCUT2D eigenvalue weighted by molar-refractivity contribution is 7.89. The number of non-ortho nitro benzene ring substituents is 1. The van der Waals surface area contributed by atoms with Crippen molar-refractivity contribution >= 4 is 51.0 Å². The molecule has 4 rings (SSSR count). The summed E-state index contributed by atoms with van der Waals surface area (Å²) < 4.78 is 34.0. The van der Waals surface area contributed by atoms with Gasteiger partial charge in [-0.15, -0.1) is 0 Å². The molecule has 0 saturated heterocycles. The lowest BCUT2D eigenvalue weighted by Crippen LogP contribution is -2.32. The van der Waals surface area contributed by atoms with Gasteiger partial charge in [-0.1, -0.05) is 41.4 Å². The van der Waals surface area contributed by atoms with Gasteiger partial charge < -0.3 is 9.73 Å². The molecule has 0 aliphatic heterocycles. The van der Waals surface area contributed by atoms with Crippen molar-refractivity contribution in [2.24, 2.45) is 5.10 Å². The van der Waals surface area contributed by atoms with Crippen LogP contribution in [0.15, 0.2) is 99.3 Å². The molecule has 0 radical (unpaired) electrons. The predicted molar refractivity (Wildman–Crippen MR) is 155 cm³/mol. The smallest absolute Gasteiger partial charge is 0.329 e. The average molecular weight is 610 g/mol. The zero-order chi connectivity index (χ0) is 30.3. The number of sulfonamides is 1. The third-order valence-corrected chi connectivity index (χ3v) is 7.90. The molecule has 4 aromatic rings. The molecule has 12 nitrogen and oxygen atoms in total. The van der Waals surface area contributed by atoms with Crippen molar-refractivity contribution in [1.82, 2.24) is 9.73 Å². The van der Waals surface area contributed by atoms with Crippen LogP contribution in [-0.4, -0.2) is 35.7 Å². The lowest BCUT2D eigenvalue weighted by molar-refractivity contribution is -0.384. The van der Waals surface area contributed by atoms with Gasteiger partial charge in [0.1, 0.15) is 11.5 Å². The number of benzene rings is 3. The Labute approximate surface area is 245 Å². The number of hydrogen-bond acceptors (Lipinski definition) is 8. The van der Waals surface area contributed by atoms with E-state index in [4.69, 9.17) is 16.0 Å². The first kappa shape index (κ1) is 30.1. The number of hydrazone groups is 1. The van der Waals surface area contributed by atoms with E-state index in [-0.39, 0.29) is 35.1 Å². The number of anilines is 1. The molecular formula is C28H24ClN5O7S. The van der Waals surface area contributed by atoms with Gasteiger partial charge in [0.15, 0.2) is 0 Å². The second kappa shape index (κ2) is 13.2. The maximum atomic E-state index is 13.5. The topological polar surface area (TPSA) is 164 Å². The predicted octanol–water partition coefficient (Wildman–Crippen LogP) is 4.63. The maximum absolute atomic E-state index is 13.5. The van der Waals surface area contributed by atoms with Crippen LogP contribution in [0, 0.1) is 17.0 Å². The van der Waals surface area contributed by atoms with Crippen LogP contribution >= 0.6 is 11.6 Å².